The van der Waals surface area contributed by atoms with E-state index < -0.39 is 28.5 Å². The van der Waals surface area contributed by atoms with Gasteiger partial charge in [-0.3, -0.25) is 4.57 Å². The van der Waals surface area contributed by atoms with E-state index in [1.54, 1.807) is 24.3 Å². The molecule has 0 amide bonds. The molecule has 8 heteroatoms. The lowest BCUT2D eigenvalue weighted by molar-refractivity contribution is 0.499. The Bertz CT molecular complexity index is 1070. The van der Waals surface area contributed by atoms with Crippen molar-refractivity contribution in [1.82, 2.24) is 19.5 Å². The summed E-state index contributed by atoms with van der Waals surface area (Å²) in [5.41, 5.74) is 5.49. The number of nitrogen functional groups attached to an aromatic ring is 1. The van der Waals surface area contributed by atoms with E-state index >= 15 is 0 Å². The molecule has 0 fully saturated rings. The van der Waals surface area contributed by atoms with E-state index in [1.165, 1.54) is 6.33 Å². The minimum atomic E-state index is -1.38. The standard InChI is InChI=1S/C15H8F3N5/c16-10-9-13(20-5-21-15(9)19)12(18)14(11(10)17)23-6-22-7-3-1-2-4-8(7)23/h1-6H,(H2,19,20,21). The van der Waals surface area contributed by atoms with Gasteiger partial charge in [0.2, 0.25) is 0 Å². The van der Waals surface area contributed by atoms with E-state index in [4.69, 9.17) is 5.73 Å². The first-order chi connectivity index (χ1) is 11.1. The predicted molar refractivity (Wildman–Crippen MR) is 78.5 cm³/mol. The summed E-state index contributed by atoms with van der Waals surface area (Å²) >= 11 is 0. The maximum atomic E-state index is 14.8. The Morgan fingerprint density at radius 1 is 0.913 bits per heavy atom. The smallest absolute Gasteiger partial charge is 0.186 e. The van der Waals surface area contributed by atoms with Crippen molar-refractivity contribution < 1.29 is 13.2 Å². The zero-order valence-corrected chi connectivity index (χ0v) is 11.5. The molecule has 2 aromatic heterocycles. The molecular weight excluding hydrogens is 307 g/mol. The van der Waals surface area contributed by atoms with Crippen LogP contribution in [0.3, 0.4) is 0 Å². The highest BCUT2D eigenvalue weighted by Crippen LogP contribution is 2.32. The van der Waals surface area contributed by atoms with Gasteiger partial charge in [0.25, 0.3) is 0 Å². The van der Waals surface area contributed by atoms with Crippen molar-refractivity contribution in [3.05, 3.63) is 54.4 Å². The number of imidazole rings is 1. The largest absolute Gasteiger partial charge is 0.383 e. The van der Waals surface area contributed by atoms with E-state index in [0.29, 0.717) is 11.0 Å². The number of rotatable bonds is 1. The van der Waals surface area contributed by atoms with Gasteiger partial charge >= 0.3 is 0 Å². The molecule has 4 rings (SSSR count). The van der Waals surface area contributed by atoms with Crippen LogP contribution in [-0.2, 0) is 0 Å². The molecule has 0 radical (unpaired) electrons. The first-order valence-electron chi connectivity index (χ1n) is 6.58. The molecule has 0 aliphatic heterocycles. The fraction of sp³-hybridized carbons (Fsp3) is 0. The van der Waals surface area contributed by atoms with Crippen LogP contribution in [0.1, 0.15) is 0 Å². The fourth-order valence-corrected chi connectivity index (χ4v) is 2.55. The molecule has 23 heavy (non-hydrogen) atoms. The molecule has 114 valence electrons. The van der Waals surface area contributed by atoms with Crippen molar-refractivity contribution >= 4 is 27.8 Å². The van der Waals surface area contributed by atoms with Crippen molar-refractivity contribution in [2.75, 3.05) is 5.73 Å². The molecule has 0 unspecified atom stereocenters. The van der Waals surface area contributed by atoms with Gasteiger partial charge in [0.1, 0.15) is 29.7 Å². The second kappa shape index (κ2) is 4.67. The molecular formula is C15H8F3N5. The highest BCUT2D eigenvalue weighted by atomic mass is 19.2. The molecule has 4 aromatic rings. The Hall–Kier alpha value is -3.16. The maximum Gasteiger partial charge on any atom is 0.186 e. The number of halogens is 3. The Balaban J connectivity index is 2.16. The summed E-state index contributed by atoms with van der Waals surface area (Å²) in [6, 6.07) is 6.73. The van der Waals surface area contributed by atoms with Gasteiger partial charge in [0, 0.05) is 0 Å². The quantitative estimate of drug-likeness (QED) is 0.548. The zero-order valence-electron chi connectivity index (χ0n) is 11.5. The Labute approximate surface area is 127 Å². The maximum absolute atomic E-state index is 14.8. The number of aromatic nitrogens is 4. The lowest BCUT2D eigenvalue weighted by atomic mass is 10.1. The number of nitrogens with two attached hydrogens (primary N) is 1. The Kier molecular flexibility index (Phi) is 2.74. The highest BCUT2D eigenvalue weighted by Gasteiger charge is 2.25. The van der Waals surface area contributed by atoms with Gasteiger partial charge in [-0.25, -0.2) is 28.1 Å². The van der Waals surface area contributed by atoms with Crippen LogP contribution >= 0.6 is 0 Å². The molecule has 0 saturated heterocycles. The molecule has 5 nitrogen and oxygen atoms in total. The highest BCUT2D eigenvalue weighted by molar-refractivity contribution is 5.91. The third kappa shape index (κ3) is 1.78. The van der Waals surface area contributed by atoms with Crippen LogP contribution in [0.15, 0.2) is 36.9 Å². The van der Waals surface area contributed by atoms with Crippen molar-refractivity contribution in [2.45, 2.75) is 0 Å². The third-order valence-electron chi connectivity index (χ3n) is 3.61. The van der Waals surface area contributed by atoms with E-state index in [-0.39, 0.29) is 11.3 Å². The molecule has 2 aromatic carbocycles. The van der Waals surface area contributed by atoms with Crippen molar-refractivity contribution in [2.24, 2.45) is 0 Å². The summed E-state index contributed by atoms with van der Waals surface area (Å²) in [4.78, 5) is 11.3. The van der Waals surface area contributed by atoms with Gasteiger partial charge in [-0.1, -0.05) is 12.1 Å². The number of benzene rings is 2. The SMILES string of the molecule is Nc1ncnc2c(F)c(-n3cnc4ccccc43)c(F)c(F)c12. The van der Waals surface area contributed by atoms with Crippen LogP contribution in [0.5, 0.6) is 0 Å². The fourth-order valence-electron chi connectivity index (χ4n) is 2.55. The first kappa shape index (κ1) is 13.5. The summed E-state index contributed by atoms with van der Waals surface area (Å²) < 4.78 is 44.8. The second-order valence-electron chi connectivity index (χ2n) is 4.88. The minimum absolute atomic E-state index is 0.327. The molecule has 0 bridgehead atoms. The van der Waals surface area contributed by atoms with E-state index in [9.17, 15) is 13.2 Å². The average Bonchev–Trinajstić information content (AvgIpc) is 2.97. The van der Waals surface area contributed by atoms with E-state index in [2.05, 4.69) is 15.0 Å². The van der Waals surface area contributed by atoms with Crippen LogP contribution in [0.4, 0.5) is 19.0 Å². The summed E-state index contributed by atoms with van der Waals surface area (Å²) in [7, 11) is 0. The normalized spacial score (nSPS) is 11.4. The van der Waals surface area contributed by atoms with Crippen LogP contribution in [0.25, 0.3) is 27.6 Å². The zero-order chi connectivity index (χ0) is 16.1. The van der Waals surface area contributed by atoms with Crippen molar-refractivity contribution in [3.63, 3.8) is 0 Å². The van der Waals surface area contributed by atoms with Crippen LogP contribution < -0.4 is 5.73 Å². The summed E-state index contributed by atoms with van der Waals surface area (Å²) in [5, 5.41) is -0.476. The summed E-state index contributed by atoms with van der Waals surface area (Å²) in [6.07, 6.45) is 2.22. The van der Waals surface area contributed by atoms with Crippen molar-refractivity contribution in [1.29, 1.82) is 0 Å². The molecule has 0 atom stereocenters. The number of fused-ring (bicyclic) bond motifs is 2. The number of anilines is 1. The second-order valence-corrected chi connectivity index (χ2v) is 4.88. The van der Waals surface area contributed by atoms with Gasteiger partial charge < -0.3 is 5.73 Å². The molecule has 0 aliphatic rings. The molecule has 2 heterocycles. The predicted octanol–water partition coefficient (Wildman–Crippen LogP) is 2.97. The number of nitrogens with zero attached hydrogens (tertiary/aromatic N) is 4. The lowest BCUT2D eigenvalue weighted by Crippen LogP contribution is -2.07. The third-order valence-corrected chi connectivity index (χ3v) is 3.61. The number of hydrogen-bond donors (Lipinski definition) is 1. The Morgan fingerprint density at radius 3 is 2.52 bits per heavy atom. The van der Waals surface area contributed by atoms with Crippen LogP contribution in [0.2, 0.25) is 0 Å². The van der Waals surface area contributed by atoms with Crippen LogP contribution in [0, 0.1) is 17.5 Å². The number of para-hydroxylation sites is 2. The summed E-state index contributed by atoms with van der Waals surface area (Å²) in [5.74, 6) is -4.03. The lowest BCUT2D eigenvalue weighted by Gasteiger charge is -2.11. The van der Waals surface area contributed by atoms with Crippen LogP contribution in [-0.4, -0.2) is 19.5 Å². The van der Waals surface area contributed by atoms with Gasteiger partial charge in [-0.05, 0) is 12.1 Å². The summed E-state index contributed by atoms with van der Waals surface area (Å²) in [6.45, 7) is 0. The van der Waals surface area contributed by atoms with Gasteiger partial charge in [0.15, 0.2) is 17.5 Å². The molecule has 0 aliphatic carbocycles. The monoisotopic (exact) mass is 315 g/mol. The van der Waals surface area contributed by atoms with E-state index in [0.717, 1.165) is 10.9 Å². The topological polar surface area (TPSA) is 69.6 Å². The molecule has 2 N–H and O–H groups in total. The van der Waals surface area contributed by atoms with Gasteiger partial charge in [0.05, 0.1) is 16.4 Å². The number of hydrogen-bond acceptors (Lipinski definition) is 4. The van der Waals surface area contributed by atoms with Crippen molar-refractivity contribution in [3.8, 4) is 5.69 Å². The molecule has 0 spiro atoms. The average molecular weight is 315 g/mol. The minimum Gasteiger partial charge on any atom is -0.383 e. The first-order valence-corrected chi connectivity index (χ1v) is 6.58. The Morgan fingerprint density at radius 2 is 1.70 bits per heavy atom. The van der Waals surface area contributed by atoms with Gasteiger partial charge in [-0.15, -0.1) is 0 Å². The molecule has 0 saturated carbocycles. The van der Waals surface area contributed by atoms with E-state index in [1.807, 2.05) is 0 Å². The van der Waals surface area contributed by atoms with Gasteiger partial charge in [-0.2, -0.15) is 0 Å².